The molecule has 1 amide bonds. The summed E-state index contributed by atoms with van der Waals surface area (Å²) in [4.78, 5) is 16.7. The van der Waals surface area contributed by atoms with Gasteiger partial charge in [-0.15, -0.1) is 11.8 Å². The Morgan fingerprint density at radius 2 is 2.05 bits per heavy atom. The fraction of sp³-hybridized carbons (Fsp3) is 0.200. The van der Waals surface area contributed by atoms with E-state index in [1.807, 2.05) is 0 Å². The number of carbonyl (C=O) groups is 1. The Kier molecular flexibility index (Phi) is 6.02. The summed E-state index contributed by atoms with van der Waals surface area (Å²) in [5.74, 6) is 0.381. The van der Waals surface area contributed by atoms with Crippen molar-refractivity contribution in [2.24, 2.45) is 0 Å². The maximum atomic E-state index is 12.7. The van der Waals surface area contributed by atoms with Crippen molar-refractivity contribution in [2.75, 3.05) is 12.3 Å². The van der Waals surface area contributed by atoms with Crippen molar-refractivity contribution >= 4 is 29.3 Å². The Labute approximate surface area is 131 Å². The van der Waals surface area contributed by atoms with Crippen LogP contribution in [-0.4, -0.2) is 23.2 Å². The first-order valence-electron chi connectivity index (χ1n) is 6.44. The number of aromatic nitrogens is 1. The van der Waals surface area contributed by atoms with Crippen LogP contribution < -0.4 is 5.32 Å². The van der Waals surface area contributed by atoms with Crippen molar-refractivity contribution < 1.29 is 9.18 Å². The van der Waals surface area contributed by atoms with Crippen LogP contribution in [0.5, 0.6) is 0 Å². The Hall–Kier alpha value is -1.59. The second-order valence-electron chi connectivity index (χ2n) is 4.25. The van der Waals surface area contributed by atoms with Gasteiger partial charge in [-0.05, 0) is 48.6 Å². The van der Waals surface area contributed by atoms with E-state index in [1.54, 1.807) is 42.2 Å². The Morgan fingerprint density at radius 3 is 2.76 bits per heavy atom. The second-order valence-corrected chi connectivity index (χ2v) is 5.78. The predicted molar refractivity (Wildman–Crippen MR) is 83.3 cm³/mol. The third-order valence-corrected chi connectivity index (χ3v) is 4.09. The molecular weight excluding hydrogens is 311 g/mol. The molecule has 2 rings (SSSR count). The highest BCUT2D eigenvalue weighted by Gasteiger charge is 2.09. The van der Waals surface area contributed by atoms with E-state index in [2.05, 4.69) is 10.3 Å². The van der Waals surface area contributed by atoms with Crippen molar-refractivity contribution in [1.29, 1.82) is 0 Å². The molecule has 0 radical (unpaired) electrons. The van der Waals surface area contributed by atoms with Gasteiger partial charge in [0, 0.05) is 17.6 Å². The van der Waals surface area contributed by atoms with Crippen LogP contribution in [0.3, 0.4) is 0 Å². The molecule has 0 atom stereocenters. The lowest BCUT2D eigenvalue weighted by molar-refractivity contribution is 0.0953. The summed E-state index contributed by atoms with van der Waals surface area (Å²) < 4.78 is 12.7. The molecular formula is C15H14ClFN2OS. The van der Waals surface area contributed by atoms with E-state index in [0.29, 0.717) is 12.1 Å². The first kappa shape index (κ1) is 15.8. The number of hydrogen-bond acceptors (Lipinski definition) is 3. The minimum atomic E-state index is -0.236. The average Bonchev–Trinajstić information content (AvgIpc) is 2.49. The SMILES string of the molecule is O=C(NCCCSc1ccc(F)cc1)c1cccnc1Cl. The van der Waals surface area contributed by atoms with E-state index in [1.165, 1.54) is 12.1 Å². The fourth-order valence-electron chi connectivity index (χ4n) is 1.65. The highest BCUT2D eigenvalue weighted by Crippen LogP contribution is 2.18. The number of hydrogen-bond donors (Lipinski definition) is 1. The molecule has 6 heteroatoms. The number of halogens is 2. The van der Waals surface area contributed by atoms with Gasteiger partial charge < -0.3 is 5.32 Å². The van der Waals surface area contributed by atoms with Crippen LogP contribution in [0.1, 0.15) is 16.8 Å². The van der Waals surface area contributed by atoms with Gasteiger partial charge in [-0.1, -0.05) is 11.6 Å². The van der Waals surface area contributed by atoms with Crippen molar-refractivity contribution in [1.82, 2.24) is 10.3 Å². The van der Waals surface area contributed by atoms with E-state index in [0.717, 1.165) is 17.1 Å². The van der Waals surface area contributed by atoms with E-state index >= 15 is 0 Å². The maximum Gasteiger partial charge on any atom is 0.254 e. The summed E-state index contributed by atoms with van der Waals surface area (Å²) in [6, 6.07) is 9.67. The van der Waals surface area contributed by atoms with Gasteiger partial charge in [0.1, 0.15) is 11.0 Å². The number of thioether (sulfide) groups is 1. The molecule has 0 unspecified atom stereocenters. The summed E-state index contributed by atoms with van der Waals surface area (Å²) in [6.07, 6.45) is 2.35. The number of amides is 1. The van der Waals surface area contributed by atoms with Gasteiger partial charge in [0.05, 0.1) is 5.56 Å². The number of rotatable bonds is 6. The lowest BCUT2D eigenvalue weighted by Gasteiger charge is -2.06. The summed E-state index contributed by atoms with van der Waals surface area (Å²) in [7, 11) is 0. The standard InChI is InChI=1S/C15H14ClFN2OS/c16-14-13(3-1-8-18-14)15(20)19-9-2-10-21-12-6-4-11(17)5-7-12/h1,3-8H,2,9-10H2,(H,19,20). The number of carbonyl (C=O) groups excluding carboxylic acids is 1. The molecule has 0 saturated carbocycles. The Balaban J connectivity index is 1.69. The van der Waals surface area contributed by atoms with Crippen LogP contribution in [0.2, 0.25) is 5.15 Å². The molecule has 1 aromatic heterocycles. The molecule has 0 bridgehead atoms. The Morgan fingerprint density at radius 1 is 1.29 bits per heavy atom. The summed E-state index contributed by atoms with van der Waals surface area (Å²) >= 11 is 7.47. The first-order chi connectivity index (χ1) is 10.2. The quantitative estimate of drug-likeness (QED) is 0.499. The molecule has 21 heavy (non-hydrogen) atoms. The Bertz CT molecular complexity index is 607. The summed E-state index contributed by atoms with van der Waals surface area (Å²) in [6.45, 7) is 0.554. The van der Waals surface area contributed by atoms with Gasteiger partial charge in [0.2, 0.25) is 0 Å². The maximum absolute atomic E-state index is 12.7. The molecule has 0 saturated heterocycles. The number of nitrogens with one attached hydrogen (secondary N) is 1. The second kappa shape index (κ2) is 8.00. The smallest absolute Gasteiger partial charge is 0.254 e. The van der Waals surface area contributed by atoms with E-state index in [4.69, 9.17) is 11.6 Å². The molecule has 1 N–H and O–H groups in total. The molecule has 0 fully saturated rings. The van der Waals surface area contributed by atoms with Crippen LogP contribution in [0.4, 0.5) is 4.39 Å². The molecule has 0 aliphatic rings. The van der Waals surface area contributed by atoms with Gasteiger partial charge >= 0.3 is 0 Å². The minimum Gasteiger partial charge on any atom is -0.352 e. The lowest BCUT2D eigenvalue weighted by atomic mass is 10.2. The highest BCUT2D eigenvalue weighted by molar-refractivity contribution is 7.99. The van der Waals surface area contributed by atoms with Crippen LogP contribution in [0, 0.1) is 5.82 Å². The molecule has 0 aliphatic heterocycles. The zero-order valence-corrected chi connectivity index (χ0v) is 12.8. The van der Waals surface area contributed by atoms with Crippen molar-refractivity contribution in [2.45, 2.75) is 11.3 Å². The topological polar surface area (TPSA) is 42.0 Å². The third kappa shape index (κ3) is 5.02. The largest absolute Gasteiger partial charge is 0.352 e. The number of benzene rings is 1. The predicted octanol–water partition coefficient (Wildman–Crippen LogP) is 3.79. The first-order valence-corrected chi connectivity index (χ1v) is 7.80. The lowest BCUT2D eigenvalue weighted by Crippen LogP contribution is -2.25. The molecule has 0 aliphatic carbocycles. The van der Waals surface area contributed by atoms with Crippen molar-refractivity contribution in [3.63, 3.8) is 0 Å². The minimum absolute atomic E-state index is 0.204. The van der Waals surface area contributed by atoms with Crippen LogP contribution >= 0.6 is 23.4 Å². The fourth-order valence-corrected chi connectivity index (χ4v) is 2.70. The molecule has 110 valence electrons. The number of pyridine rings is 1. The van der Waals surface area contributed by atoms with Gasteiger partial charge in [0.15, 0.2) is 0 Å². The van der Waals surface area contributed by atoms with Gasteiger partial charge in [-0.3, -0.25) is 4.79 Å². The van der Waals surface area contributed by atoms with E-state index in [-0.39, 0.29) is 16.9 Å². The van der Waals surface area contributed by atoms with Crippen LogP contribution in [-0.2, 0) is 0 Å². The summed E-state index contributed by atoms with van der Waals surface area (Å²) in [5.41, 5.74) is 0.380. The normalized spacial score (nSPS) is 10.4. The van der Waals surface area contributed by atoms with Gasteiger partial charge in [0.25, 0.3) is 5.91 Å². The molecule has 0 spiro atoms. The van der Waals surface area contributed by atoms with Crippen LogP contribution in [0.15, 0.2) is 47.5 Å². The highest BCUT2D eigenvalue weighted by atomic mass is 35.5. The van der Waals surface area contributed by atoms with E-state index < -0.39 is 0 Å². The average molecular weight is 325 g/mol. The zero-order valence-electron chi connectivity index (χ0n) is 11.2. The molecule has 1 aromatic carbocycles. The van der Waals surface area contributed by atoms with Gasteiger partial charge in [-0.25, -0.2) is 9.37 Å². The zero-order chi connectivity index (χ0) is 15.1. The monoisotopic (exact) mass is 324 g/mol. The molecule has 1 heterocycles. The van der Waals surface area contributed by atoms with Crippen LogP contribution in [0.25, 0.3) is 0 Å². The van der Waals surface area contributed by atoms with Gasteiger partial charge in [-0.2, -0.15) is 0 Å². The summed E-state index contributed by atoms with van der Waals surface area (Å²) in [5, 5.41) is 3.00. The third-order valence-electron chi connectivity index (χ3n) is 2.69. The van der Waals surface area contributed by atoms with Crippen molar-refractivity contribution in [3.05, 3.63) is 59.1 Å². The molecule has 3 nitrogen and oxygen atoms in total. The number of nitrogens with zero attached hydrogens (tertiary/aromatic N) is 1. The van der Waals surface area contributed by atoms with E-state index in [9.17, 15) is 9.18 Å². The van der Waals surface area contributed by atoms with Crippen molar-refractivity contribution in [3.8, 4) is 0 Å². The molecule has 2 aromatic rings.